The van der Waals surface area contributed by atoms with E-state index in [-0.39, 0.29) is 11.3 Å². The number of carbonyl (C=O) groups is 1. The molecule has 8 N–H and O–H groups in total. The fourth-order valence-electron chi connectivity index (χ4n) is 1.73. The molecule has 0 saturated heterocycles. The predicted molar refractivity (Wildman–Crippen MR) is 77.8 cm³/mol. The van der Waals surface area contributed by atoms with Crippen molar-refractivity contribution >= 4 is 17.7 Å². The monoisotopic (exact) mass is 322 g/mol. The normalized spacial score (nSPS) is 11.7. The Kier molecular flexibility index (Phi) is 4.16. The van der Waals surface area contributed by atoms with Crippen LogP contribution in [0.4, 0.5) is 5.69 Å². The SMILES string of the molecule is Nc1ccc(O)c(/C=C/C(=O)NC(O)(O)c2occ(O)c2O)c1. The zero-order chi connectivity index (χ0) is 17.2. The number of rotatable bonds is 4. The number of phenolic OH excluding ortho intramolecular Hbond substituents is 1. The number of aliphatic hydroxyl groups is 2. The molecule has 9 heteroatoms. The van der Waals surface area contributed by atoms with Gasteiger partial charge in [0.25, 0.3) is 0 Å². The molecule has 1 aromatic heterocycles. The van der Waals surface area contributed by atoms with E-state index in [4.69, 9.17) is 10.8 Å². The minimum atomic E-state index is -3.05. The Morgan fingerprint density at radius 3 is 2.52 bits per heavy atom. The standard InChI is InChI=1S/C14H14N2O7/c15-8-2-3-9(17)7(5-8)1-4-11(19)16-14(21,22)13-12(20)10(18)6-23-13/h1-6,17-18,20-22H,15H2,(H,16,19)/b4-1+. The molecule has 23 heavy (non-hydrogen) atoms. The molecule has 9 nitrogen and oxygen atoms in total. The summed E-state index contributed by atoms with van der Waals surface area (Å²) >= 11 is 0. The van der Waals surface area contributed by atoms with Crippen molar-refractivity contribution in [2.75, 3.05) is 5.73 Å². The molecule has 122 valence electrons. The van der Waals surface area contributed by atoms with Gasteiger partial charge >= 0.3 is 5.91 Å². The van der Waals surface area contributed by atoms with Gasteiger partial charge in [-0.05, 0) is 24.3 Å². The topological polar surface area (TPSA) is 169 Å². The summed E-state index contributed by atoms with van der Waals surface area (Å²) in [7, 11) is 0. The fourth-order valence-corrected chi connectivity index (χ4v) is 1.73. The van der Waals surface area contributed by atoms with E-state index >= 15 is 0 Å². The Labute approximate surface area is 129 Å². The number of nitrogen functional groups attached to an aromatic ring is 1. The Morgan fingerprint density at radius 1 is 1.22 bits per heavy atom. The Balaban J connectivity index is 2.14. The van der Waals surface area contributed by atoms with Gasteiger partial charge in [-0.3, -0.25) is 10.1 Å². The number of aromatic hydroxyl groups is 3. The van der Waals surface area contributed by atoms with Gasteiger partial charge < -0.3 is 35.7 Å². The van der Waals surface area contributed by atoms with Gasteiger partial charge in [0.1, 0.15) is 12.0 Å². The molecule has 0 aliphatic rings. The van der Waals surface area contributed by atoms with Crippen molar-refractivity contribution in [2.24, 2.45) is 0 Å². The molecule has 0 spiro atoms. The molecule has 0 aliphatic carbocycles. The van der Waals surface area contributed by atoms with Gasteiger partial charge in [0.05, 0.1) is 0 Å². The lowest BCUT2D eigenvalue weighted by atomic mass is 10.1. The molecule has 0 unspecified atom stereocenters. The molecule has 1 heterocycles. The van der Waals surface area contributed by atoms with Gasteiger partial charge in [-0.15, -0.1) is 0 Å². The van der Waals surface area contributed by atoms with Gasteiger partial charge in [0.2, 0.25) is 17.4 Å². The molecular weight excluding hydrogens is 308 g/mol. The first kappa shape index (κ1) is 16.2. The van der Waals surface area contributed by atoms with Crippen LogP contribution in [0.3, 0.4) is 0 Å². The molecule has 2 rings (SSSR count). The van der Waals surface area contributed by atoms with E-state index in [1.165, 1.54) is 24.3 Å². The van der Waals surface area contributed by atoms with Gasteiger partial charge in [-0.25, -0.2) is 0 Å². The molecule has 0 saturated carbocycles. The average molecular weight is 322 g/mol. The maximum absolute atomic E-state index is 11.7. The number of nitrogens with one attached hydrogen (secondary N) is 1. The maximum atomic E-state index is 11.7. The van der Waals surface area contributed by atoms with Crippen molar-refractivity contribution in [1.82, 2.24) is 5.32 Å². The summed E-state index contributed by atoms with van der Waals surface area (Å²) in [6.07, 6.45) is 2.75. The minimum Gasteiger partial charge on any atom is -0.507 e. The van der Waals surface area contributed by atoms with E-state index in [9.17, 15) is 25.2 Å². The van der Waals surface area contributed by atoms with Crippen LogP contribution in [0.1, 0.15) is 11.3 Å². The molecule has 0 atom stereocenters. The van der Waals surface area contributed by atoms with Crippen molar-refractivity contribution < 1.29 is 34.7 Å². The largest absolute Gasteiger partial charge is 0.507 e. The number of benzene rings is 1. The van der Waals surface area contributed by atoms with Crippen molar-refractivity contribution in [1.29, 1.82) is 0 Å². The van der Waals surface area contributed by atoms with E-state index in [0.29, 0.717) is 12.0 Å². The molecule has 0 bridgehead atoms. The Hall–Kier alpha value is -3.17. The van der Waals surface area contributed by atoms with Crippen molar-refractivity contribution in [3.63, 3.8) is 0 Å². The number of phenols is 1. The number of amides is 1. The second-order valence-corrected chi connectivity index (χ2v) is 4.61. The van der Waals surface area contributed by atoms with Gasteiger partial charge in [-0.1, -0.05) is 0 Å². The van der Waals surface area contributed by atoms with E-state index < -0.39 is 29.1 Å². The molecule has 1 aromatic carbocycles. The van der Waals surface area contributed by atoms with Crippen LogP contribution in [-0.4, -0.2) is 31.4 Å². The van der Waals surface area contributed by atoms with E-state index in [1.807, 2.05) is 0 Å². The highest BCUT2D eigenvalue weighted by molar-refractivity contribution is 5.92. The number of carbonyl (C=O) groups excluding carboxylic acids is 1. The number of hydrogen-bond acceptors (Lipinski definition) is 8. The summed E-state index contributed by atoms with van der Waals surface area (Å²) < 4.78 is 4.56. The third-order valence-electron chi connectivity index (χ3n) is 2.83. The summed E-state index contributed by atoms with van der Waals surface area (Å²) in [4.78, 5) is 11.7. The average Bonchev–Trinajstić information content (AvgIpc) is 2.80. The zero-order valence-corrected chi connectivity index (χ0v) is 11.6. The highest BCUT2D eigenvalue weighted by Gasteiger charge is 2.36. The van der Waals surface area contributed by atoms with Crippen LogP contribution in [0.5, 0.6) is 17.2 Å². The molecule has 2 aromatic rings. The quantitative estimate of drug-likeness (QED) is 0.177. The molecular formula is C14H14N2O7. The first-order valence-corrected chi connectivity index (χ1v) is 6.24. The maximum Gasteiger partial charge on any atom is 0.313 e. The molecule has 1 amide bonds. The van der Waals surface area contributed by atoms with Crippen molar-refractivity contribution in [2.45, 2.75) is 5.91 Å². The van der Waals surface area contributed by atoms with Crippen molar-refractivity contribution in [3.05, 3.63) is 41.9 Å². The zero-order valence-electron chi connectivity index (χ0n) is 11.6. The first-order chi connectivity index (χ1) is 10.7. The van der Waals surface area contributed by atoms with Crippen LogP contribution < -0.4 is 11.1 Å². The van der Waals surface area contributed by atoms with Gasteiger partial charge in [0, 0.05) is 17.3 Å². The number of nitrogens with two attached hydrogens (primary N) is 1. The van der Waals surface area contributed by atoms with Crippen LogP contribution in [0.2, 0.25) is 0 Å². The smallest absolute Gasteiger partial charge is 0.313 e. The van der Waals surface area contributed by atoms with Crippen molar-refractivity contribution in [3.8, 4) is 17.2 Å². The summed E-state index contributed by atoms with van der Waals surface area (Å²) in [6.45, 7) is 0. The second-order valence-electron chi connectivity index (χ2n) is 4.61. The minimum absolute atomic E-state index is 0.129. The Morgan fingerprint density at radius 2 is 1.91 bits per heavy atom. The lowest BCUT2D eigenvalue weighted by molar-refractivity contribution is -0.207. The summed E-state index contributed by atoms with van der Waals surface area (Å²) in [6, 6.07) is 4.20. The molecule has 0 radical (unpaired) electrons. The highest BCUT2D eigenvalue weighted by atomic mass is 16.5. The lowest BCUT2D eigenvalue weighted by Crippen LogP contribution is -2.44. The lowest BCUT2D eigenvalue weighted by Gasteiger charge is -2.19. The molecule has 0 aliphatic heterocycles. The summed E-state index contributed by atoms with van der Waals surface area (Å²) in [5.74, 6) is -6.66. The van der Waals surface area contributed by atoms with Gasteiger partial charge in [-0.2, -0.15) is 0 Å². The first-order valence-electron chi connectivity index (χ1n) is 6.24. The number of anilines is 1. The summed E-state index contributed by atoms with van der Waals surface area (Å²) in [5.41, 5.74) is 6.14. The Bertz CT molecular complexity index is 764. The molecule has 0 fully saturated rings. The predicted octanol–water partition coefficient (Wildman–Crippen LogP) is -0.0969. The third kappa shape index (κ3) is 3.54. The third-order valence-corrected chi connectivity index (χ3v) is 2.83. The van der Waals surface area contributed by atoms with Crippen LogP contribution >= 0.6 is 0 Å². The number of furan rings is 1. The van der Waals surface area contributed by atoms with E-state index in [0.717, 1.165) is 6.08 Å². The fraction of sp³-hybridized carbons (Fsp3) is 0.0714. The second kappa shape index (κ2) is 5.91. The van der Waals surface area contributed by atoms with E-state index in [2.05, 4.69) is 4.42 Å². The van der Waals surface area contributed by atoms with Crippen LogP contribution in [0.25, 0.3) is 6.08 Å². The van der Waals surface area contributed by atoms with Gasteiger partial charge in [0.15, 0.2) is 5.75 Å². The van der Waals surface area contributed by atoms with Crippen LogP contribution in [-0.2, 0) is 10.7 Å². The van der Waals surface area contributed by atoms with E-state index in [1.54, 1.807) is 5.32 Å². The highest BCUT2D eigenvalue weighted by Crippen LogP contribution is 2.35. The number of hydrogen-bond donors (Lipinski definition) is 7. The summed E-state index contributed by atoms with van der Waals surface area (Å²) in [5, 5.41) is 49.2. The van der Waals surface area contributed by atoms with Crippen LogP contribution in [0.15, 0.2) is 35.0 Å². The van der Waals surface area contributed by atoms with Crippen LogP contribution in [0, 0.1) is 0 Å².